The minimum Gasteiger partial charge on any atom is -0.365 e. The van der Waals surface area contributed by atoms with Crippen molar-refractivity contribution in [3.05, 3.63) is 39.5 Å². The summed E-state index contributed by atoms with van der Waals surface area (Å²) in [6.45, 7) is 2.72. The van der Waals surface area contributed by atoms with Gasteiger partial charge in [-0.15, -0.1) is 0 Å². The second-order valence-electron chi connectivity index (χ2n) is 8.49. The minimum atomic E-state index is -2.66. The van der Waals surface area contributed by atoms with Gasteiger partial charge in [-0.05, 0) is 17.5 Å². The van der Waals surface area contributed by atoms with E-state index in [1.165, 1.54) is 4.90 Å². The fourth-order valence-corrected chi connectivity index (χ4v) is 4.62. The highest BCUT2D eigenvalue weighted by Crippen LogP contribution is 2.51. The number of benzene rings is 1. The summed E-state index contributed by atoms with van der Waals surface area (Å²) in [5, 5.41) is 7.93. The highest BCUT2D eigenvalue weighted by atomic mass is 35.5. The Labute approximate surface area is 187 Å². The Kier molecular flexibility index (Phi) is 5.37. The molecule has 2 aromatic rings. The molecule has 166 valence electrons. The summed E-state index contributed by atoms with van der Waals surface area (Å²) in [4.78, 5) is 26.4. The summed E-state index contributed by atoms with van der Waals surface area (Å²) in [7, 11) is 0. The lowest BCUT2D eigenvalue weighted by molar-refractivity contribution is -0.151. The number of halogens is 4. The molecule has 1 aromatic heterocycles. The van der Waals surface area contributed by atoms with Crippen LogP contribution in [0.25, 0.3) is 11.3 Å². The molecular formula is C20H21Cl2F2N5O2. The first-order valence-electron chi connectivity index (χ1n) is 9.74. The van der Waals surface area contributed by atoms with Gasteiger partial charge in [-0.3, -0.25) is 9.48 Å². The number of hydrogen-bond donors (Lipinski definition) is 2. The van der Waals surface area contributed by atoms with Gasteiger partial charge < -0.3 is 16.0 Å². The van der Waals surface area contributed by atoms with Crippen LogP contribution in [0.3, 0.4) is 0 Å². The van der Waals surface area contributed by atoms with Crippen LogP contribution in [0.2, 0.25) is 10.0 Å². The van der Waals surface area contributed by atoms with Crippen LogP contribution in [-0.2, 0) is 13.1 Å². The number of carbonyl (C=O) groups is 2. The normalized spacial score (nSPS) is 18.8. The van der Waals surface area contributed by atoms with Crippen molar-refractivity contribution >= 4 is 35.1 Å². The Bertz CT molecular complexity index is 1060. The van der Waals surface area contributed by atoms with Crippen LogP contribution in [0.1, 0.15) is 35.8 Å². The van der Waals surface area contributed by atoms with Crippen LogP contribution in [0.15, 0.2) is 18.2 Å². The van der Waals surface area contributed by atoms with E-state index in [1.807, 2.05) is 0 Å². The van der Waals surface area contributed by atoms with Gasteiger partial charge in [0.1, 0.15) is 5.69 Å². The Morgan fingerprint density at radius 1 is 1.23 bits per heavy atom. The molecule has 1 aliphatic carbocycles. The van der Waals surface area contributed by atoms with Crippen LogP contribution in [0.4, 0.5) is 13.6 Å². The number of nitrogens with two attached hydrogens (primary N) is 1. The highest BCUT2D eigenvalue weighted by Gasteiger charge is 2.53. The fourth-order valence-electron chi connectivity index (χ4n) is 4.32. The van der Waals surface area contributed by atoms with E-state index in [9.17, 15) is 18.4 Å². The van der Waals surface area contributed by atoms with Crippen molar-refractivity contribution in [2.24, 2.45) is 11.1 Å². The van der Waals surface area contributed by atoms with E-state index in [-0.39, 0.29) is 37.5 Å². The predicted molar refractivity (Wildman–Crippen MR) is 112 cm³/mol. The third-order valence-corrected chi connectivity index (χ3v) is 6.48. The Morgan fingerprint density at radius 3 is 2.55 bits per heavy atom. The van der Waals surface area contributed by atoms with Crippen LogP contribution in [0, 0.1) is 5.41 Å². The molecule has 2 aliphatic rings. The molecule has 1 saturated carbocycles. The Balaban J connectivity index is 1.53. The van der Waals surface area contributed by atoms with Crippen molar-refractivity contribution in [3.8, 4) is 11.3 Å². The van der Waals surface area contributed by atoms with E-state index in [1.54, 1.807) is 29.8 Å². The quantitative estimate of drug-likeness (QED) is 0.707. The summed E-state index contributed by atoms with van der Waals surface area (Å²) in [6, 6.07) is 4.52. The fraction of sp³-hybridized carbons (Fsp3) is 0.450. The minimum absolute atomic E-state index is 0.116. The number of rotatable bonds is 4. The molecule has 3 N–H and O–H groups in total. The number of fused-ring (bicyclic) bond motifs is 1. The number of alkyl halides is 2. The van der Waals surface area contributed by atoms with E-state index in [2.05, 4.69) is 10.4 Å². The first-order chi connectivity index (χ1) is 14.5. The molecular weight excluding hydrogens is 451 g/mol. The number of urea groups is 1. The molecule has 2 heterocycles. The second kappa shape index (κ2) is 7.63. The van der Waals surface area contributed by atoms with Gasteiger partial charge in [0, 0.05) is 31.5 Å². The van der Waals surface area contributed by atoms with Crippen molar-refractivity contribution in [2.45, 2.75) is 38.8 Å². The summed E-state index contributed by atoms with van der Waals surface area (Å²) in [6.07, 6.45) is -0.488. The average molecular weight is 472 g/mol. The highest BCUT2D eigenvalue weighted by molar-refractivity contribution is 6.42. The first-order valence-corrected chi connectivity index (χ1v) is 10.5. The molecule has 1 aliphatic heterocycles. The second-order valence-corrected chi connectivity index (χ2v) is 9.30. The van der Waals surface area contributed by atoms with Crippen LogP contribution < -0.4 is 11.1 Å². The summed E-state index contributed by atoms with van der Waals surface area (Å²) < 4.78 is 28.0. The lowest BCUT2D eigenvalue weighted by Gasteiger charge is -2.45. The molecule has 0 saturated heterocycles. The molecule has 1 fully saturated rings. The topological polar surface area (TPSA) is 93.2 Å². The molecule has 11 heteroatoms. The SMILES string of the molecule is CC1(CNC(=O)N2CCn3nc(-c4ccc(Cl)c(Cl)c4)c(C(N)=O)c3C2)CC(F)(F)C1. The van der Waals surface area contributed by atoms with Gasteiger partial charge >= 0.3 is 6.03 Å². The number of primary amides is 1. The lowest BCUT2D eigenvalue weighted by Crippen LogP contribution is -2.53. The summed E-state index contributed by atoms with van der Waals surface area (Å²) in [5.74, 6) is -3.33. The van der Waals surface area contributed by atoms with Crippen LogP contribution >= 0.6 is 23.2 Å². The third kappa shape index (κ3) is 4.21. The van der Waals surface area contributed by atoms with Crippen molar-refractivity contribution in [2.75, 3.05) is 13.1 Å². The zero-order valence-corrected chi connectivity index (χ0v) is 18.2. The van der Waals surface area contributed by atoms with Gasteiger partial charge in [0.2, 0.25) is 5.92 Å². The van der Waals surface area contributed by atoms with E-state index in [0.29, 0.717) is 40.1 Å². The molecule has 0 spiro atoms. The third-order valence-electron chi connectivity index (χ3n) is 5.74. The Hall–Kier alpha value is -2.39. The predicted octanol–water partition coefficient (Wildman–Crippen LogP) is 3.92. The molecule has 0 atom stereocenters. The molecule has 31 heavy (non-hydrogen) atoms. The number of amides is 3. The van der Waals surface area contributed by atoms with E-state index >= 15 is 0 Å². The smallest absolute Gasteiger partial charge is 0.317 e. The summed E-state index contributed by atoms with van der Waals surface area (Å²) in [5.41, 5.74) is 6.69. The van der Waals surface area contributed by atoms with Crippen molar-refractivity contribution in [3.63, 3.8) is 0 Å². The number of nitrogens with zero attached hydrogens (tertiary/aromatic N) is 3. The monoisotopic (exact) mass is 471 g/mol. The number of aromatic nitrogens is 2. The maximum Gasteiger partial charge on any atom is 0.317 e. The zero-order valence-electron chi connectivity index (χ0n) is 16.7. The lowest BCUT2D eigenvalue weighted by atomic mass is 9.67. The zero-order chi connectivity index (χ0) is 22.6. The van der Waals surface area contributed by atoms with E-state index in [0.717, 1.165) is 0 Å². The van der Waals surface area contributed by atoms with Crippen molar-refractivity contribution in [1.29, 1.82) is 0 Å². The molecule has 0 radical (unpaired) electrons. The maximum absolute atomic E-state index is 13.2. The summed E-state index contributed by atoms with van der Waals surface area (Å²) >= 11 is 12.1. The molecule has 4 rings (SSSR count). The van der Waals surface area contributed by atoms with Gasteiger partial charge in [0.05, 0.1) is 34.4 Å². The average Bonchev–Trinajstić information content (AvgIpc) is 3.05. The standard InChI is InChI=1S/C20H21Cl2F2N5O2/c1-19(8-20(23,24)9-19)10-26-18(31)28-4-5-29-14(7-28)15(17(25)30)16(27-29)11-2-3-12(21)13(22)6-11/h2-3,6H,4-5,7-10H2,1H3,(H2,25,30)(H,26,31). The van der Waals surface area contributed by atoms with E-state index in [4.69, 9.17) is 28.9 Å². The maximum atomic E-state index is 13.2. The van der Waals surface area contributed by atoms with Gasteiger partial charge in [-0.2, -0.15) is 5.10 Å². The molecule has 0 unspecified atom stereocenters. The van der Waals surface area contributed by atoms with Gasteiger partial charge in [-0.25, -0.2) is 13.6 Å². The van der Waals surface area contributed by atoms with E-state index < -0.39 is 17.2 Å². The molecule has 3 amide bonds. The first kappa shape index (κ1) is 21.8. The molecule has 0 bridgehead atoms. The number of carbonyl (C=O) groups excluding carboxylic acids is 2. The molecule has 1 aromatic carbocycles. The van der Waals surface area contributed by atoms with Crippen molar-refractivity contribution in [1.82, 2.24) is 20.0 Å². The number of nitrogens with one attached hydrogen (secondary N) is 1. The number of hydrogen-bond acceptors (Lipinski definition) is 3. The Morgan fingerprint density at radius 2 is 1.94 bits per heavy atom. The van der Waals surface area contributed by atoms with Crippen LogP contribution in [-0.4, -0.2) is 45.6 Å². The largest absolute Gasteiger partial charge is 0.365 e. The van der Waals surface area contributed by atoms with Gasteiger partial charge in [-0.1, -0.05) is 36.2 Å². The van der Waals surface area contributed by atoms with Crippen molar-refractivity contribution < 1.29 is 18.4 Å². The molecule has 7 nitrogen and oxygen atoms in total. The van der Waals surface area contributed by atoms with Crippen LogP contribution in [0.5, 0.6) is 0 Å². The van der Waals surface area contributed by atoms with Gasteiger partial charge in [0.15, 0.2) is 0 Å². The van der Waals surface area contributed by atoms with Gasteiger partial charge in [0.25, 0.3) is 5.91 Å².